The third kappa shape index (κ3) is 5.31. The van der Waals surface area contributed by atoms with Gasteiger partial charge in [0.05, 0.1) is 12.6 Å². The lowest BCUT2D eigenvalue weighted by Crippen LogP contribution is -2.50. The van der Waals surface area contributed by atoms with Gasteiger partial charge in [-0.1, -0.05) is 30.3 Å². The van der Waals surface area contributed by atoms with Crippen molar-refractivity contribution < 1.29 is 9.59 Å². The number of hydrogen-bond acceptors (Lipinski definition) is 3. The van der Waals surface area contributed by atoms with Crippen LogP contribution in [0.3, 0.4) is 0 Å². The molecule has 5 nitrogen and oxygen atoms in total. The second-order valence-electron chi connectivity index (χ2n) is 7.88. The SMILES string of the molecule is CC(C(=O)N(C)CC(=O)NC1CC1)N1CCC(Cc2ccccc2)CC1. The number of likely N-dealkylation sites (tertiary alicyclic amines) is 1. The van der Waals surface area contributed by atoms with Gasteiger partial charge in [0.2, 0.25) is 11.8 Å². The fraction of sp³-hybridized carbons (Fsp3) is 0.619. The third-order valence-corrected chi connectivity index (χ3v) is 5.62. The first kappa shape index (κ1) is 18.9. The van der Waals surface area contributed by atoms with E-state index in [-0.39, 0.29) is 24.4 Å². The molecule has 1 unspecified atom stereocenters. The number of piperidine rings is 1. The van der Waals surface area contributed by atoms with Crippen LogP contribution in [0.4, 0.5) is 0 Å². The van der Waals surface area contributed by atoms with Gasteiger partial charge in [-0.25, -0.2) is 0 Å². The summed E-state index contributed by atoms with van der Waals surface area (Å²) >= 11 is 0. The average Bonchev–Trinajstić information content (AvgIpc) is 3.45. The fourth-order valence-electron chi connectivity index (χ4n) is 3.76. The van der Waals surface area contributed by atoms with Crippen molar-refractivity contribution in [3.8, 4) is 0 Å². The molecule has 0 radical (unpaired) electrons. The van der Waals surface area contributed by atoms with Crippen molar-refractivity contribution in [1.29, 1.82) is 0 Å². The van der Waals surface area contributed by atoms with Gasteiger partial charge >= 0.3 is 0 Å². The molecule has 1 aliphatic carbocycles. The van der Waals surface area contributed by atoms with Crippen LogP contribution < -0.4 is 5.32 Å². The Morgan fingerprint density at radius 1 is 1.15 bits per heavy atom. The van der Waals surface area contributed by atoms with E-state index in [1.54, 1.807) is 11.9 Å². The van der Waals surface area contributed by atoms with E-state index in [2.05, 4.69) is 40.5 Å². The summed E-state index contributed by atoms with van der Waals surface area (Å²) < 4.78 is 0. The second-order valence-corrected chi connectivity index (χ2v) is 7.88. The molecule has 1 saturated carbocycles. The van der Waals surface area contributed by atoms with Crippen LogP contribution in [0.15, 0.2) is 30.3 Å². The zero-order chi connectivity index (χ0) is 18.5. The van der Waals surface area contributed by atoms with Crippen molar-refractivity contribution in [3.63, 3.8) is 0 Å². The number of benzene rings is 1. The Hall–Kier alpha value is -1.88. The van der Waals surface area contributed by atoms with E-state index < -0.39 is 0 Å². The topological polar surface area (TPSA) is 52.7 Å². The van der Waals surface area contributed by atoms with Crippen LogP contribution in [-0.4, -0.2) is 60.4 Å². The van der Waals surface area contributed by atoms with Crippen LogP contribution in [0.25, 0.3) is 0 Å². The summed E-state index contributed by atoms with van der Waals surface area (Å²) in [6.07, 6.45) is 5.50. The van der Waals surface area contributed by atoms with E-state index >= 15 is 0 Å². The van der Waals surface area contributed by atoms with Gasteiger partial charge in [0.25, 0.3) is 0 Å². The molecule has 1 heterocycles. The van der Waals surface area contributed by atoms with Crippen molar-refractivity contribution in [3.05, 3.63) is 35.9 Å². The van der Waals surface area contributed by atoms with Crippen LogP contribution in [0.1, 0.15) is 38.2 Å². The quantitative estimate of drug-likeness (QED) is 0.813. The Morgan fingerprint density at radius 2 is 1.81 bits per heavy atom. The zero-order valence-corrected chi connectivity index (χ0v) is 16.0. The van der Waals surface area contributed by atoms with Gasteiger partial charge in [-0.05, 0) is 63.6 Å². The highest BCUT2D eigenvalue weighted by atomic mass is 16.2. The molecule has 1 aromatic rings. The van der Waals surface area contributed by atoms with Gasteiger partial charge in [-0.3, -0.25) is 14.5 Å². The molecular weight excluding hydrogens is 326 g/mol. The Bertz CT molecular complexity index is 607. The molecule has 0 bridgehead atoms. The van der Waals surface area contributed by atoms with Crippen molar-refractivity contribution in [2.75, 3.05) is 26.7 Å². The molecule has 5 heteroatoms. The minimum Gasteiger partial charge on any atom is -0.352 e. The molecule has 26 heavy (non-hydrogen) atoms. The van der Waals surface area contributed by atoms with E-state index in [4.69, 9.17) is 0 Å². The van der Waals surface area contributed by atoms with Crippen LogP contribution in [-0.2, 0) is 16.0 Å². The van der Waals surface area contributed by atoms with Gasteiger partial charge in [0.15, 0.2) is 0 Å². The molecule has 1 N–H and O–H groups in total. The molecule has 1 aliphatic heterocycles. The number of amides is 2. The fourth-order valence-corrected chi connectivity index (χ4v) is 3.76. The predicted octanol–water partition coefficient (Wildman–Crippen LogP) is 2.07. The first-order valence-corrected chi connectivity index (χ1v) is 9.85. The lowest BCUT2D eigenvalue weighted by molar-refractivity contribution is -0.139. The standard InChI is InChI=1S/C21H31N3O2/c1-16(21(26)23(2)15-20(25)22-19-8-9-19)24-12-10-18(11-13-24)14-17-6-4-3-5-7-17/h3-7,16,18-19H,8-15H2,1-2H3,(H,22,25). The van der Waals surface area contributed by atoms with Gasteiger partial charge < -0.3 is 10.2 Å². The summed E-state index contributed by atoms with van der Waals surface area (Å²) in [6.45, 7) is 4.03. The van der Waals surface area contributed by atoms with Crippen LogP contribution in [0.2, 0.25) is 0 Å². The lowest BCUT2D eigenvalue weighted by atomic mass is 9.89. The van der Waals surface area contributed by atoms with E-state index in [1.165, 1.54) is 5.56 Å². The van der Waals surface area contributed by atoms with Crippen molar-refractivity contribution in [2.24, 2.45) is 5.92 Å². The summed E-state index contributed by atoms with van der Waals surface area (Å²) in [5.41, 5.74) is 1.40. The Kier molecular flexibility index (Phi) is 6.30. The molecule has 2 aliphatic rings. The maximum Gasteiger partial charge on any atom is 0.239 e. The third-order valence-electron chi connectivity index (χ3n) is 5.62. The van der Waals surface area contributed by atoms with E-state index in [9.17, 15) is 9.59 Å². The number of rotatable bonds is 7. The van der Waals surface area contributed by atoms with Gasteiger partial charge in [-0.15, -0.1) is 0 Å². The normalized spacial score (nSPS) is 19.8. The van der Waals surface area contributed by atoms with E-state index in [0.29, 0.717) is 12.0 Å². The molecule has 2 fully saturated rings. The zero-order valence-electron chi connectivity index (χ0n) is 16.0. The molecule has 1 aromatic carbocycles. The van der Waals surface area contributed by atoms with Gasteiger partial charge in [0, 0.05) is 13.1 Å². The summed E-state index contributed by atoms with van der Waals surface area (Å²) in [5.74, 6) is 0.688. The maximum atomic E-state index is 12.7. The number of nitrogens with zero attached hydrogens (tertiary/aromatic N) is 2. The van der Waals surface area contributed by atoms with Crippen LogP contribution in [0.5, 0.6) is 0 Å². The molecule has 142 valence electrons. The summed E-state index contributed by atoms with van der Waals surface area (Å²) in [6, 6.07) is 10.8. The second kappa shape index (κ2) is 8.67. The molecule has 0 spiro atoms. The number of carbonyl (C=O) groups is 2. The van der Waals surface area contributed by atoms with Crippen molar-refractivity contribution in [2.45, 2.75) is 51.1 Å². The first-order valence-electron chi connectivity index (χ1n) is 9.85. The van der Waals surface area contributed by atoms with Crippen molar-refractivity contribution >= 4 is 11.8 Å². The largest absolute Gasteiger partial charge is 0.352 e. The number of hydrogen-bond donors (Lipinski definition) is 1. The summed E-state index contributed by atoms with van der Waals surface area (Å²) in [7, 11) is 1.73. The minimum atomic E-state index is -0.161. The van der Waals surface area contributed by atoms with Gasteiger partial charge in [0.1, 0.15) is 0 Å². The minimum absolute atomic E-state index is 0.0393. The Labute approximate surface area is 156 Å². The lowest BCUT2D eigenvalue weighted by Gasteiger charge is -2.36. The smallest absolute Gasteiger partial charge is 0.239 e. The van der Waals surface area contributed by atoms with Gasteiger partial charge in [-0.2, -0.15) is 0 Å². The highest BCUT2D eigenvalue weighted by molar-refractivity contribution is 5.87. The Balaban J connectivity index is 1.42. The number of carbonyl (C=O) groups excluding carboxylic acids is 2. The highest BCUT2D eigenvalue weighted by Gasteiger charge is 2.30. The highest BCUT2D eigenvalue weighted by Crippen LogP contribution is 2.23. The summed E-state index contributed by atoms with van der Waals surface area (Å²) in [4.78, 5) is 28.4. The first-order chi connectivity index (χ1) is 12.5. The molecular formula is C21H31N3O2. The number of nitrogens with one attached hydrogen (secondary N) is 1. The molecule has 1 saturated heterocycles. The van der Waals surface area contributed by atoms with Crippen LogP contribution in [0, 0.1) is 5.92 Å². The van der Waals surface area contributed by atoms with Crippen molar-refractivity contribution in [1.82, 2.24) is 15.1 Å². The predicted molar refractivity (Wildman–Crippen MR) is 103 cm³/mol. The van der Waals surface area contributed by atoms with Crippen LogP contribution >= 0.6 is 0 Å². The monoisotopic (exact) mass is 357 g/mol. The number of likely N-dealkylation sites (N-methyl/N-ethyl adjacent to an activating group) is 1. The maximum absolute atomic E-state index is 12.7. The van der Waals surface area contributed by atoms with E-state index in [1.807, 2.05) is 6.92 Å². The van der Waals surface area contributed by atoms with E-state index in [0.717, 1.165) is 45.2 Å². The summed E-state index contributed by atoms with van der Waals surface area (Å²) in [5, 5.41) is 2.94. The molecule has 0 aromatic heterocycles. The average molecular weight is 357 g/mol. The molecule has 2 amide bonds. The molecule has 3 rings (SSSR count). The molecule has 1 atom stereocenters. The Morgan fingerprint density at radius 3 is 2.42 bits per heavy atom.